The summed E-state index contributed by atoms with van der Waals surface area (Å²) in [5, 5.41) is 8.96. The van der Waals surface area contributed by atoms with Gasteiger partial charge in [0.2, 0.25) is 5.91 Å². The second-order valence-electron chi connectivity index (χ2n) is 6.94. The van der Waals surface area contributed by atoms with Gasteiger partial charge in [0.25, 0.3) is 0 Å². The summed E-state index contributed by atoms with van der Waals surface area (Å²) in [6.45, 7) is 3.16. The maximum Gasteiger partial charge on any atom is 0.223 e. The van der Waals surface area contributed by atoms with Gasteiger partial charge in [-0.25, -0.2) is 4.39 Å². The number of rotatable bonds is 4. The third-order valence-electron chi connectivity index (χ3n) is 5.23. The lowest BCUT2D eigenvalue weighted by atomic mass is 9.89. The monoisotopic (exact) mass is 314 g/mol. The number of amides is 1. The summed E-state index contributed by atoms with van der Waals surface area (Å²) in [5.41, 5.74) is 1.74. The number of piperidine rings is 1. The minimum Gasteiger partial charge on any atom is -0.343 e. The lowest BCUT2D eigenvalue weighted by Crippen LogP contribution is -2.38. The van der Waals surface area contributed by atoms with Gasteiger partial charge in [-0.15, -0.1) is 0 Å². The van der Waals surface area contributed by atoms with E-state index >= 15 is 0 Å². The summed E-state index contributed by atoms with van der Waals surface area (Å²) < 4.78 is 13.5. The van der Waals surface area contributed by atoms with E-state index in [0.717, 1.165) is 31.2 Å². The summed E-state index contributed by atoms with van der Waals surface area (Å²) in [7, 11) is 0. The van der Waals surface area contributed by atoms with Crippen molar-refractivity contribution in [2.24, 2.45) is 11.8 Å². The molecule has 1 saturated heterocycles. The number of hydrogen-bond acceptors (Lipinski definition) is 2. The molecular formula is C19H23FN2O. The van der Waals surface area contributed by atoms with E-state index in [0.29, 0.717) is 31.0 Å². The quantitative estimate of drug-likeness (QED) is 0.849. The van der Waals surface area contributed by atoms with Gasteiger partial charge in [-0.05, 0) is 61.6 Å². The molecule has 0 spiro atoms. The van der Waals surface area contributed by atoms with E-state index in [1.54, 1.807) is 6.92 Å². The second kappa shape index (κ2) is 6.70. The number of carbonyl (C=O) groups is 1. The Labute approximate surface area is 137 Å². The normalized spacial score (nSPS) is 20.1. The van der Waals surface area contributed by atoms with E-state index in [4.69, 9.17) is 5.26 Å². The van der Waals surface area contributed by atoms with Crippen molar-refractivity contribution in [1.82, 2.24) is 4.90 Å². The molecule has 4 heteroatoms. The van der Waals surface area contributed by atoms with Gasteiger partial charge in [0.05, 0.1) is 6.07 Å². The molecule has 3 rings (SSSR count). The summed E-state index contributed by atoms with van der Waals surface area (Å²) in [4.78, 5) is 14.5. The van der Waals surface area contributed by atoms with Crippen LogP contribution in [0.1, 0.15) is 49.1 Å². The molecule has 3 nitrogen and oxygen atoms in total. The Kier molecular flexibility index (Phi) is 4.66. The van der Waals surface area contributed by atoms with E-state index in [1.807, 2.05) is 17.0 Å². The molecule has 23 heavy (non-hydrogen) atoms. The first-order chi connectivity index (χ1) is 11.1. The molecule has 2 fully saturated rings. The maximum atomic E-state index is 13.5. The number of likely N-dealkylation sites (tertiary alicyclic amines) is 1. The zero-order valence-electron chi connectivity index (χ0n) is 13.6. The summed E-state index contributed by atoms with van der Waals surface area (Å²) in [6.07, 6.45) is 4.39. The maximum absolute atomic E-state index is 13.5. The van der Waals surface area contributed by atoms with Crippen LogP contribution in [0.15, 0.2) is 18.2 Å². The third kappa shape index (κ3) is 3.72. The van der Waals surface area contributed by atoms with Crippen LogP contribution in [-0.4, -0.2) is 23.9 Å². The molecule has 1 saturated carbocycles. The average molecular weight is 314 g/mol. The average Bonchev–Trinajstić information content (AvgIpc) is 3.40. The molecule has 122 valence electrons. The van der Waals surface area contributed by atoms with Crippen LogP contribution in [0.25, 0.3) is 0 Å². The van der Waals surface area contributed by atoms with Crippen LogP contribution >= 0.6 is 0 Å². The molecule has 1 amide bonds. The summed E-state index contributed by atoms with van der Waals surface area (Å²) in [5.74, 6) is 0.849. The first-order valence-electron chi connectivity index (χ1n) is 8.52. The van der Waals surface area contributed by atoms with E-state index in [-0.39, 0.29) is 23.6 Å². The molecule has 2 aliphatic rings. The molecule has 1 unspecified atom stereocenters. The van der Waals surface area contributed by atoms with Crippen molar-refractivity contribution in [2.75, 3.05) is 13.1 Å². The van der Waals surface area contributed by atoms with Gasteiger partial charge in [-0.2, -0.15) is 5.26 Å². The van der Waals surface area contributed by atoms with Gasteiger partial charge in [-0.3, -0.25) is 4.79 Å². The highest BCUT2D eigenvalue weighted by molar-refractivity contribution is 5.77. The van der Waals surface area contributed by atoms with E-state index in [1.165, 1.54) is 6.07 Å². The van der Waals surface area contributed by atoms with Crippen LogP contribution in [0.3, 0.4) is 0 Å². The number of aryl methyl sites for hydroxylation is 1. The van der Waals surface area contributed by atoms with Crippen LogP contribution in [0, 0.1) is 35.9 Å². The fraction of sp³-hybridized carbons (Fsp3) is 0.579. The first-order valence-corrected chi connectivity index (χ1v) is 8.52. The second-order valence-corrected chi connectivity index (χ2v) is 6.94. The predicted octanol–water partition coefficient (Wildman–Crippen LogP) is 3.78. The van der Waals surface area contributed by atoms with Gasteiger partial charge < -0.3 is 4.90 Å². The number of nitrogens with zero attached hydrogens (tertiary/aromatic N) is 2. The van der Waals surface area contributed by atoms with E-state index in [2.05, 4.69) is 6.07 Å². The minimum absolute atomic E-state index is 0.0954. The van der Waals surface area contributed by atoms with Crippen molar-refractivity contribution in [2.45, 2.75) is 44.9 Å². The number of hydrogen-bond donors (Lipinski definition) is 0. The highest BCUT2D eigenvalue weighted by atomic mass is 19.1. The Bertz CT molecular complexity index is 625. The van der Waals surface area contributed by atoms with Crippen molar-refractivity contribution >= 4 is 5.91 Å². The lowest BCUT2D eigenvalue weighted by molar-refractivity contribution is -0.132. The molecular weight excluding hydrogens is 291 g/mol. The van der Waals surface area contributed by atoms with Gasteiger partial charge in [0, 0.05) is 25.4 Å². The Hall–Kier alpha value is -1.89. The SMILES string of the molecule is Cc1cc(C(CC(=O)N2CCC(C#N)CC2)C2CC2)ccc1F. The fourth-order valence-corrected chi connectivity index (χ4v) is 3.53. The topological polar surface area (TPSA) is 44.1 Å². The Morgan fingerprint density at radius 1 is 1.35 bits per heavy atom. The molecule has 1 heterocycles. The molecule has 0 bridgehead atoms. The number of halogens is 1. The van der Waals surface area contributed by atoms with Crippen molar-refractivity contribution in [3.8, 4) is 6.07 Å². The Morgan fingerprint density at radius 3 is 2.61 bits per heavy atom. The molecule has 1 aliphatic carbocycles. The van der Waals surface area contributed by atoms with Crippen LogP contribution in [0.4, 0.5) is 4.39 Å². The van der Waals surface area contributed by atoms with Crippen molar-refractivity contribution in [1.29, 1.82) is 5.26 Å². The first kappa shape index (κ1) is 16.0. The Morgan fingerprint density at radius 2 is 2.04 bits per heavy atom. The summed E-state index contributed by atoms with van der Waals surface area (Å²) >= 11 is 0. The smallest absolute Gasteiger partial charge is 0.223 e. The van der Waals surface area contributed by atoms with Crippen LogP contribution < -0.4 is 0 Å². The number of benzene rings is 1. The van der Waals surface area contributed by atoms with Gasteiger partial charge >= 0.3 is 0 Å². The highest BCUT2D eigenvalue weighted by Gasteiger charge is 2.35. The van der Waals surface area contributed by atoms with Crippen LogP contribution in [0.2, 0.25) is 0 Å². The van der Waals surface area contributed by atoms with Gasteiger partial charge in [0.15, 0.2) is 0 Å². The van der Waals surface area contributed by atoms with Crippen LogP contribution in [0.5, 0.6) is 0 Å². The molecule has 0 N–H and O–H groups in total. The zero-order valence-corrected chi connectivity index (χ0v) is 13.6. The van der Waals surface area contributed by atoms with Gasteiger partial charge in [-0.1, -0.05) is 12.1 Å². The highest BCUT2D eigenvalue weighted by Crippen LogP contribution is 2.45. The third-order valence-corrected chi connectivity index (χ3v) is 5.23. The molecule has 1 aromatic rings. The van der Waals surface area contributed by atoms with Crippen molar-refractivity contribution in [3.05, 3.63) is 35.1 Å². The van der Waals surface area contributed by atoms with Crippen molar-refractivity contribution in [3.63, 3.8) is 0 Å². The Balaban J connectivity index is 1.67. The van der Waals surface area contributed by atoms with Crippen molar-refractivity contribution < 1.29 is 9.18 Å². The number of carbonyl (C=O) groups excluding carboxylic acids is 1. The lowest BCUT2D eigenvalue weighted by Gasteiger charge is -2.30. The number of nitriles is 1. The molecule has 1 aromatic carbocycles. The minimum atomic E-state index is -0.187. The van der Waals surface area contributed by atoms with E-state index < -0.39 is 0 Å². The van der Waals surface area contributed by atoms with Gasteiger partial charge in [0.1, 0.15) is 5.82 Å². The molecule has 0 radical (unpaired) electrons. The standard InChI is InChI=1S/C19H23FN2O/c1-13-10-16(4-5-18(13)20)17(15-2-3-15)11-19(23)22-8-6-14(12-21)7-9-22/h4-5,10,14-15,17H,2-3,6-9,11H2,1H3. The molecule has 0 aromatic heterocycles. The summed E-state index contributed by atoms with van der Waals surface area (Å²) in [6, 6.07) is 7.54. The molecule has 1 atom stereocenters. The molecule has 1 aliphatic heterocycles. The fourth-order valence-electron chi connectivity index (χ4n) is 3.53. The van der Waals surface area contributed by atoms with Crippen LogP contribution in [-0.2, 0) is 4.79 Å². The zero-order chi connectivity index (χ0) is 16.4. The predicted molar refractivity (Wildman–Crippen MR) is 86.1 cm³/mol. The van der Waals surface area contributed by atoms with E-state index in [9.17, 15) is 9.18 Å². The largest absolute Gasteiger partial charge is 0.343 e.